The highest BCUT2D eigenvalue weighted by Crippen LogP contribution is 2.28. The van der Waals surface area contributed by atoms with Crippen LogP contribution < -0.4 is 15.2 Å². The highest BCUT2D eigenvalue weighted by atomic mass is 32.2. The van der Waals surface area contributed by atoms with Crippen LogP contribution in [0.2, 0.25) is 0 Å². The van der Waals surface area contributed by atoms with E-state index in [4.69, 9.17) is 20.6 Å². The van der Waals surface area contributed by atoms with E-state index in [-0.39, 0.29) is 5.84 Å². The molecular formula is C16H18N2O2S. The molecule has 0 fully saturated rings. The van der Waals surface area contributed by atoms with Crippen molar-refractivity contribution in [3.05, 3.63) is 54.1 Å². The van der Waals surface area contributed by atoms with Gasteiger partial charge in [-0.2, -0.15) is 0 Å². The quantitative estimate of drug-likeness (QED) is 0.357. The summed E-state index contributed by atoms with van der Waals surface area (Å²) in [6, 6.07) is 15.4. The first-order chi connectivity index (χ1) is 10.2. The van der Waals surface area contributed by atoms with Crippen molar-refractivity contribution in [2.75, 3.05) is 19.5 Å². The van der Waals surface area contributed by atoms with Gasteiger partial charge in [-0.25, -0.2) is 0 Å². The Kier molecular flexibility index (Phi) is 5.51. The van der Waals surface area contributed by atoms with E-state index in [0.717, 1.165) is 5.75 Å². The maximum Gasteiger partial charge on any atom is 0.161 e. The fraction of sp³-hybridized carbons (Fsp3) is 0.188. The average molecular weight is 302 g/mol. The molecule has 0 aromatic heterocycles. The molecule has 0 radical (unpaired) electrons. The van der Waals surface area contributed by atoms with Gasteiger partial charge in [0.1, 0.15) is 5.84 Å². The van der Waals surface area contributed by atoms with E-state index in [2.05, 4.69) is 12.1 Å². The Balaban J connectivity index is 1.89. The standard InChI is InChI=1S/C16H18N2O2S/c1-19-15-11-12(16(17)18)7-8-14(15)20-9-10-21-13-5-3-2-4-6-13/h2-8,11H,9-10H2,1H3,(H3,17,18). The number of nitrogens with two attached hydrogens (primary N) is 1. The lowest BCUT2D eigenvalue weighted by molar-refractivity contribution is 0.313. The van der Waals surface area contributed by atoms with Gasteiger partial charge in [-0.05, 0) is 30.3 Å². The molecule has 0 spiro atoms. The fourth-order valence-corrected chi connectivity index (χ4v) is 2.53. The monoisotopic (exact) mass is 302 g/mol. The maximum atomic E-state index is 7.42. The van der Waals surface area contributed by atoms with E-state index < -0.39 is 0 Å². The highest BCUT2D eigenvalue weighted by molar-refractivity contribution is 7.99. The zero-order valence-corrected chi connectivity index (χ0v) is 12.7. The minimum atomic E-state index is 0.0134. The molecule has 110 valence electrons. The lowest BCUT2D eigenvalue weighted by atomic mass is 10.2. The van der Waals surface area contributed by atoms with Gasteiger partial charge in [0, 0.05) is 16.2 Å². The molecule has 0 unspecified atom stereocenters. The summed E-state index contributed by atoms with van der Waals surface area (Å²) in [6.45, 7) is 0.579. The number of thioether (sulfide) groups is 1. The summed E-state index contributed by atoms with van der Waals surface area (Å²) in [5.41, 5.74) is 6.08. The lowest BCUT2D eigenvalue weighted by Gasteiger charge is -2.11. The molecule has 0 aliphatic carbocycles. The minimum Gasteiger partial charge on any atom is -0.493 e. The topological polar surface area (TPSA) is 68.3 Å². The van der Waals surface area contributed by atoms with Crippen molar-refractivity contribution in [2.45, 2.75) is 4.90 Å². The van der Waals surface area contributed by atoms with Crippen molar-refractivity contribution < 1.29 is 9.47 Å². The van der Waals surface area contributed by atoms with Crippen molar-refractivity contribution in [2.24, 2.45) is 5.73 Å². The smallest absolute Gasteiger partial charge is 0.161 e. The van der Waals surface area contributed by atoms with Crippen LogP contribution in [0.25, 0.3) is 0 Å². The first-order valence-corrected chi connectivity index (χ1v) is 7.52. The Hall–Kier alpha value is -2.14. The van der Waals surface area contributed by atoms with E-state index in [1.165, 1.54) is 4.90 Å². The maximum absolute atomic E-state index is 7.42. The van der Waals surface area contributed by atoms with Gasteiger partial charge in [0.05, 0.1) is 13.7 Å². The third-order valence-corrected chi connectivity index (χ3v) is 3.80. The number of hydrogen-bond acceptors (Lipinski definition) is 4. The number of amidine groups is 1. The average Bonchev–Trinajstić information content (AvgIpc) is 2.52. The van der Waals surface area contributed by atoms with Crippen molar-refractivity contribution in [3.63, 3.8) is 0 Å². The largest absolute Gasteiger partial charge is 0.493 e. The summed E-state index contributed by atoms with van der Waals surface area (Å²) in [5, 5.41) is 7.42. The third-order valence-electron chi connectivity index (χ3n) is 2.83. The van der Waals surface area contributed by atoms with Crippen LogP contribution >= 0.6 is 11.8 Å². The predicted molar refractivity (Wildman–Crippen MR) is 86.7 cm³/mol. The van der Waals surface area contributed by atoms with Crippen LogP contribution in [-0.2, 0) is 0 Å². The minimum absolute atomic E-state index is 0.0134. The molecule has 0 saturated heterocycles. The number of ether oxygens (including phenoxy) is 2. The van der Waals surface area contributed by atoms with E-state index >= 15 is 0 Å². The third kappa shape index (κ3) is 4.43. The Labute approximate surface area is 128 Å². The van der Waals surface area contributed by atoms with E-state index in [9.17, 15) is 0 Å². The molecular weight excluding hydrogens is 284 g/mol. The molecule has 4 nitrogen and oxygen atoms in total. The second-order valence-electron chi connectivity index (χ2n) is 4.29. The lowest BCUT2D eigenvalue weighted by Crippen LogP contribution is -2.11. The van der Waals surface area contributed by atoms with Gasteiger partial charge in [0.2, 0.25) is 0 Å². The number of hydrogen-bond donors (Lipinski definition) is 2. The molecule has 2 rings (SSSR count). The summed E-state index contributed by atoms with van der Waals surface area (Å²) in [6.07, 6.45) is 0. The second kappa shape index (κ2) is 7.59. The van der Waals surface area contributed by atoms with E-state index in [0.29, 0.717) is 23.7 Å². The highest BCUT2D eigenvalue weighted by Gasteiger charge is 2.07. The van der Waals surface area contributed by atoms with Crippen LogP contribution in [0.15, 0.2) is 53.4 Å². The van der Waals surface area contributed by atoms with E-state index in [1.807, 2.05) is 18.2 Å². The summed E-state index contributed by atoms with van der Waals surface area (Å²) < 4.78 is 11.0. The van der Waals surface area contributed by atoms with Gasteiger partial charge >= 0.3 is 0 Å². The molecule has 21 heavy (non-hydrogen) atoms. The number of rotatable bonds is 7. The van der Waals surface area contributed by atoms with Gasteiger partial charge in [0.25, 0.3) is 0 Å². The first-order valence-electron chi connectivity index (χ1n) is 6.54. The SMILES string of the molecule is COc1cc(C(=N)N)ccc1OCCSc1ccccc1. The zero-order chi connectivity index (χ0) is 15.1. The molecule has 0 atom stereocenters. The molecule has 3 N–H and O–H groups in total. The normalized spacial score (nSPS) is 10.1. The Morgan fingerprint density at radius 3 is 2.57 bits per heavy atom. The number of nitrogens with one attached hydrogen (secondary N) is 1. The predicted octanol–water partition coefficient (Wildman–Crippen LogP) is 3.15. The van der Waals surface area contributed by atoms with Gasteiger partial charge in [0.15, 0.2) is 11.5 Å². The summed E-state index contributed by atoms with van der Waals surface area (Å²) in [5.74, 6) is 2.12. The van der Waals surface area contributed by atoms with Gasteiger partial charge < -0.3 is 15.2 Å². The summed E-state index contributed by atoms with van der Waals surface area (Å²) in [7, 11) is 1.57. The molecule has 0 saturated carbocycles. The summed E-state index contributed by atoms with van der Waals surface area (Å²) in [4.78, 5) is 1.22. The molecule has 0 aliphatic rings. The van der Waals surface area contributed by atoms with Gasteiger partial charge in [-0.15, -0.1) is 11.8 Å². The molecule has 2 aromatic rings. The zero-order valence-electron chi connectivity index (χ0n) is 11.8. The number of methoxy groups -OCH3 is 1. The molecule has 0 heterocycles. The molecule has 0 aliphatic heterocycles. The number of benzene rings is 2. The van der Waals surface area contributed by atoms with Crippen molar-refractivity contribution in [1.82, 2.24) is 0 Å². The van der Waals surface area contributed by atoms with Crippen LogP contribution in [0.1, 0.15) is 5.56 Å². The van der Waals surface area contributed by atoms with Crippen molar-refractivity contribution >= 4 is 17.6 Å². The fourth-order valence-electron chi connectivity index (χ4n) is 1.78. The van der Waals surface area contributed by atoms with Crippen LogP contribution in [0.3, 0.4) is 0 Å². The Morgan fingerprint density at radius 1 is 1.14 bits per heavy atom. The van der Waals surface area contributed by atoms with E-state index in [1.54, 1.807) is 37.1 Å². The van der Waals surface area contributed by atoms with Crippen molar-refractivity contribution in [1.29, 1.82) is 5.41 Å². The van der Waals surface area contributed by atoms with Crippen LogP contribution in [0.5, 0.6) is 11.5 Å². The second-order valence-corrected chi connectivity index (χ2v) is 5.46. The molecule has 5 heteroatoms. The molecule has 0 amide bonds. The van der Waals surface area contributed by atoms with Crippen LogP contribution in [-0.4, -0.2) is 25.3 Å². The van der Waals surface area contributed by atoms with Crippen molar-refractivity contribution in [3.8, 4) is 11.5 Å². The Bertz CT molecular complexity index is 602. The van der Waals surface area contributed by atoms with Gasteiger partial charge in [-0.3, -0.25) is 5.41 Å². The molecule has 2 aromatic carbocycles. The van der Waals surface area contributed by atoms with Crippen LogP contribution in [0, 0.1) is 5.41 Å². The van der Waals surface area contributed by atoms with Crippen LogP contribution in [0.4, 0.5) is 0 Å². The molecule has 0 bridgehead atoms. The first kappa shape index (κ1) is 15.3. The van der Waals surface area contributed by atoms with Gasteiger partial charge in [-0.1, -0.05) is 18.2 Å². The number of nitrogen functional groups attached to an aromatic ring is 1. The Morgan fingerprint density at radius 2 is 1.90 bits per heavy atom. The summed E-state index contributed by atoms with van der Waals surface area (Å²) >= 11 is 1.74.